The fraction of sp³-hybridized carbons (Fsp3) is 0.333. The van der Waals surface area contributed by atoms with E-state index in [1.54, 1.807) is 0 Å². The Morgan fingerprint density at radius 2 is 1.57 bits per heavy atom. The Morgan fingerprint density at radius 1 is 0.971 bits per heavy atom. The highest BCUT2D eigenvalue weighted by atomic mass is 19.4. The molecule has 0 radical (unpaired) electrons. The van der Waals surface area contributed by atoms with Crippen LogP contribution < -0.4 is 15.4 Å². The minimum atomic E-state index is -6.32. The van der Waals surface area contributed by atoms with Gasteiger partial charge in [0.1, 0.15) is 0 Å². The number of hydrogen-bond acceptors (Lipinski definition) is 4. The summed E-state index contributed by atoms with van der Waals surface area (Å²) in [6.45, 7) is 0.499. The fourth-order valence-electron chi connectivity index (χ4n) is 3.33. The van der Waals surface area contributed by atoms with E-state index >= 15 is 0 Å². The van der Waals surface area contributed by atoms with Crippen LogP contribution in [-0.4, -0.2) is 43.7 Å². The number of anilines is 2. The van der Waals surface area contributed by atoms with Gasteiger partial charge in [-0.3, -0.25) is 10.1 Å². The van der Waals surface area contributed by atoms with Gasteiger partial charge in [-0.05, 0) is 30.7 Å². The molecule has 7 nitrogen and oxygen atoms in total. The van der Waals surface area contributed by atoms with Crippen molar-refractivity contribution in [3.8, 4) is 5.75 Å². The summed E-state index contributed by atoms with van der Waals surface area (Å²) in [5.74, 6) is -1.14. The van der Waals surface area contributed by atoms with Crippen LogP contribution in [0.15, 0.2) is 30.3 Å². The van der Waals surface area contributed by atoms with Crippen molar-refractivity contribution >= 4 is 23.4 Å². The monoisotopic (exact) mass is 512 g/mol. The SMILES string of the molecule is COCc1cc(C(F)(C(F)(F)F)C(F)(F)F)cc(C)c1NC(=O)c1cccc(NC(=O)O)c1OC. The summed E-state index contributed by atoms with van der Waals surface area (Å²) in [6, 6.07) is 4.47. The topological polar surface area (TPSA) is 96.9 Å². The number of halogens is 7. The number of nitrogens with one attached hydrogen (secondary N) is 2. The Balaban J connectivity index is 2.61. The number of amides is 2. The van der Waals surface area contributed by atoms with Crippen LogP contribution in [0.5, 0.6) is 5.75 Å². The number of alkyl halides is 7. The number of benzene rings is 2. The second kappa shape index (κ2) is 9.98. The number of carbonyl (C=O) groups is 2. The maximum absolute atomic E-state index is 14.6. The second-order valence-electron chi connectivity index (χ2n) is 7.18. The highest BCUT2D eigenvalue weighted by Crippen LogP contribution is 2.54. The van der Waals surface area contributed by atoms with Gasteiger partial charge in [0.05, 0.1) is 25.0 Å². The Labute approximate surface area is 193 Å². The molecule has 35 heavy (non-hydrogen) atoms. The maximum atomic E-state index is 14.6. The molecule has 2 amide bonds. The number of ether oxygens (including phenoxy) is 2. The third-order valence-corrected chi connectivity index (χ3v) is 4.84. The lowest BCUT2D eigenvalue weighted by molar-refractivity contribution is -0.348. The van der Waals surface area contributed by atoms with E-state index in [4.69, 9.17) is 14.6 Å². The average Bonchev–Trinajstić information content (AvgIpc) is 2.73. The summed E-state index contributed by atoms with van der Waals surface area (Å²) in [5.41, 5.74) is -8.64. The van der Waals surface area contributed by atoms with E-state index in [0.29, 0.717) is 12.1 Å². The van der Waals surface area contributed by atoms with Crippen LogP contribution in [0.1, 0.15) is 27.0 Å². The predicted molar refractivity (Wildman–Crippen MR) is 109 cm³/mol. The van der Waals surface area contributed by atoms with Gasteiger partial charge in [-0.25, -0.2) is 9.18 Å². The minimum Gasteiger partial charge on any atom is -0.494 e. The number of carboxylic acid groups (broad SMARTS) is 1. The van der Waals surface area contributed by atoms with Crippen LogP contribution in [0.2, 0.25) is 0 Å². The van der Waals surface area contributed by atoms with Gasteiger partial charge < -0.3 is 19.9 Å². The first-order valence-electron chi connectivity index (χ1n) is 9.52. The molecule has 0 atom stereocenters. The van der Waals surface area contributed by atoms with Crippen molar-refractivity contribution in [2.24, 2.45) is 0 Å². The molecule has 0 heterocycles. The quantitative estimate of drug-likeness (QED) is 0.409. The number of para-hydroxylation sites is 1. The average molecular weight is 512 g/mol. The molecule has 2 rings (SSSR count). The fourth-order valence-corrected chi connectivity index (χ4v) is 3.33. The van der Waals surface area contributed by atoms with Gasteiger partial charge in [0.2, 0.25) is 0 Å². The summed E-state index contributed by atoms with van der Waals surface area (Å²) in [7, 11) is 2.23. The second-order valence-corrected chi connectivity index (χ2v) is 7.18. The van der Waals surface area contributed by atoms with E-state index < -0.39 is 42.2 Å². The molecule has 3 N–H and O–H groups in total. The summed E-state index contributed by atoms with van der Waals surface area (Å²) in [6.07, 6.45) is -14.1. The smallest absolute Gasteiger partial charge is 0.435 e. The van der Waals surface area contributed by atoms with Crippen molar-refractivity contribution in [2.45, 2.75) is 31.6 Å². The van der Waals surface area contributed by atoms with Crippen LogP contribution in [0, 0.1) is 6.92 Å². The molecule has 0 aliphatic carbocycles. The molecule has 0 unspecified atom stereocenters. The van der Waals surface area contributed by atoms with Gasteiger partial charge in [-0.15, -0.1) is 0 Å². The molecule has 0 aliphatic rings. The first kappa shape index (κ1) is 27.7. The highest BCUT2D eigenvalue weighted by Gasteiger charge is 2.73. The Hall–Kier alpha value is -3.55. The van der Waals surface area contributed by atoms with Gasteiger partial charge >= 0.3 is 24.1 Å². The van der Waals surface area contributed by atoms with Crippen molar-refractivity contribution < 1.29 is 54.9 Å². The van der Waals surface area contributed by atoms with Gasteiger partial charge in [0.15, 0.2) is 5.75 Å². The molecule has 0 aliphatic heterocycles. The van der Waals surface area contributed by atoms with Crippen LogP contribution in [0.4, 0.5) is 46.9 Å². The van der Waals surface area contributed by atoms with Crippen molar-refractivity contribution in [3.05, 3.63) is 52.6 Å². The Bertz CT molecular complexity index is 1100. The normalized spacial score (nSPS) is 12.3. The molecule has 0 aromatic heterocycles. The van der Waals surface area contributed by atoms with Gasteiger partial charge in [-0.2, -0.15) is 26.3 Å². The molecular weight excluding hydrogens is 493 g/mol. The largest absolute Gasteiger partial charge is 0.494 e. The zero-order valence-corrected chi connectivity index (χ0v) is 18.3. The predicted octanol–water partition coefficient (Wildman–Crippen LogP) is 5.78. The summed E-state index contributed by atoms with van der Waals surface area (Å²) >= 11 is 0. The van der Waals surface area contributed by atoms with Gasteiger partial charge in [-0.1, -0.05) is 12.1 Å². The summed E-state index contributed by atoms with van der Waals surface area (Å²) in [5, 5.41) is 13.3. The Kier molecular flexibility index (Phi) is 7.89. The first-order chi connectivity index (χ1) is 16.1. The molecule has 192 valence electrons. The van der Waals surface area contributed by atoms with Gasteiger partial charge in [0, 0.05) is 23.9 Å². The standard InChI is InChI=1S/C21H19F7N2O5/c1-10-7-12(19(22,20(23,24)25)21(26,27)28)8-11(9-34-2)15(10)30-17(31)13-5-4-6-14(16(13)35-3)29-18(32)33/h4-8,29H,9H2,1-3H3,(H,30,31)(H,32,33). The molecule has 2 aromatic carbocycles. The van der Waals surface area contributed by atoms with E-state index in [1.165, 1.54) is 18.2 Å². The highest BCUT2D eigenvalue weighted by molar-refractivity contribution is 6.08. The van der Waals surface area contributed by atoms with Crippen molar-refractivity contribution in [1.29, 1.82) is 0 Å². The van der Waals surface area contributed by atoms with Crippen LogP contribution >= 0.6 is 0 Å². The molecule has 2 aromatic rings. The first-order valence-corrected chi connectivity index (χ1v) is 9.52. The van der Waals surface area contributed by atoms with Crippen LogP contribution in [0.25, 0.3) is 0 Å². The zero-order chi connectivity index (χ0) is 26.8. The molecule has 0 bridgehead atoms. The van der Waals surface area contributed by atoms with E-state index in [1.807, 2.05) is 5.32 Å². The molecule has 0 spiro atoms. The third kappa shape index (κ3) is 5.42. The molecule has 0 fully saturated rings. The van der Waals surface area contributed by atoms with Crippen molar-refractivity contribution in [3.63, 3.8) is 0 Å². The maximum Gasteiger partial charge on any atom is 0.435 e. The molecular formula is C21H19F7N2O5. The molecule has 0 saturated carbocycles. The third-order valence-electron chi connectivity index (χ3n) is 4.84. The summed E-state index contributed by atoms with van der Waals surface area (Å²) < 4.78 is 104. The van der Waals surface area contributed by atoms with Crippen LogP contribution in [0.3, 0.4) is 0 Å². The van der Waals surface area contributed by atoms with Crippen molar-refractivity contribution in [2.75, 3.05) is 24.9 Å². The van der Waals surface area contributed by atoms with E-state index in [0.717, 1.165) is 21.1 Å². The summed E-state index contributed by atoms with van der Waals surface area (Å²) in [4.78, 5) is 23.9. The van der Waals surface area contributed by atoms with Crippen LogP contribution in [-0.2, 0) is 17.0 Å². The van der Waals surface area contributed by atoms with E-state index in [2.05, 4.69) is 5.32 Å². The minimum absolute atomic E-state index is 0.102. The molecule has 14 heteroatoms. The van der Waals surface area contributed by atoms with Crippen molar-refractivity contribution in [1.82, 2.24) is 0 Å². The number of hydrogen-bond donors (Lipinski definition) is 3. The number of aryl methyl sites for hydroxylation is 1. The number of rotatable bonds is 7. The molecule has 0 saturated heterocycles. The Morgan fingerprint density at radius 3 is 2.06 bits per heavy atom. The number of carbonyl (C=O) groups excluding carboxylic acids is 1. The number of methoxy groups -OCH3 is 2. The lowest BCUT2D eigenvalue weighted by atomic mass is 9.90. The van der Waals surface area contributed by atoms with Gasteiger partial charge in [0.25, 0.3) is 5.91 Å². The van der Waals surface area contributed by atoms with E-state index in [-0.39, 0.29) is 33.8 Å². The van der Waals surface area contributed by atoms with E-state index in [9.17, 15) is 40.3 Å². The lowest BCUT2D eigenvalue weighted by Gasteiger charge is -2.31. The lowest BCUT2D eigenvalue weighted by Crippen LogP contribution is -2.50. The zero-order valence-electron chi connectivity index (χ0n) is 18.3.